The van der Waals surface area contributed by atoms with Crippen LogP contribution < -0.4 is 0 Å². The summed E-state index contributed by atoms with van der Waals surface area (Å²) in [5.41, 5.74) is 6.82. The Kier molecular flexibility index (Phi) is 7.05. The number of rotatable bonds is 7. The van der Waals surface area contributed by atoms with Crippen LogP contribution in [0.2, 0.25) is 0 Å². The van der Waals surface area contributed by atoms with Crippen LogP contribution in [0.1, 0.15) is 67.3 Å². The van der Waals surface area contributed by atoms with Crippen LogP contribution in [-0.2, 0) is 10.3 Å². The minimum Gasteiger partial charge on any atom is -0.473 e. The summed E-state index contributed by atoms with van der Waals surface area (Å²) < 4.78 is 6.49. The Morgan fingerprint density at radius 3 is 1.65 bits per heavy atom. The first-order valence-corrected chi connectivity index (χ1v) is 13.1. The molecule has 186 valence electrons. The van der Waals surface area contributed by atoms with E-state index < -0.39 is 5.54 Å². The van der Waals surface area contributed by atoms with Crippen molar-refractivity contribution in [3.8, 4) is 0 Å². The molecule has 0 fully saturated rings. The number of para-hydroxylation sites is 1. The van der Waals surface area contributed by atoms with Gasteiger partial charge in [0, 0.05) is 5.56 Å². The van der Waals surface area contributed by atoms with Gasteiger partial charge >= 0.3 is 0 Å². The Morgan fingerprint density at radius 1 is 0.676 bits per heavy atom. The lowest BCUT2D eigenvalue weighted by Crippen LogP contribution is -2.26. The maximum atomic E-state index is 6.49. The summed E-state index contributed by atoms with van der Waals surface area (Å²) >= 11 is 0. The van der Waals surface area contributed by atoms with Crippen molar-refractivity contribution >= 4 is 17.3 Å². The van der Waals surface area contributed by atoms with Gasteiger partial charge in [0.2, 0.25) is 5.90 Å². The molecule has 0 amide bonds. The van der Waals surface area contributed by atoms with Gasteiger partial charge in [-0.05, 0) is 34.1 Å². The topological polar surface area (TPSA) is 34.0 Å². The van der Waals surface area contributed by atoms with Crippen molar-refractivity contribution in [2.24, 2.45) is 9.98 Å². The summed E-state index contributed by atoms with van der Waals surface area (Å²) in [7, 11) is 0. The molecule has 3 heteroatoms. The third-order valence-corrected chi connectivity index (χ3v) is 7.03. The largest absolute Gasteiger partial charge is 0.473 e. The molecule has 0 N–H and O–H groups in total. The number of hydrogen-bond donors (Lipinski definition) is 0. The molecule has 4 aromatic carbocycles. The molecule has 4 aromatic rings. The fourth-order valence-corrected chi connectivity index (χ4v) is 5.01. The monoisotopic (exact) mass is 486 g/mol. The normalized spacial score (nSPS) is 15.1. The van der Waals surface area contributed by atoms with Crippen molar-refractivity contribution in [3.05, 3.63) is 137 Å². The van der Waals surface area contributed by atoms with E-state index in [0.717, 1.165) is 28.1 Å². The number of hydrogen-bond acceptors (Lipinski definition) is 3. The van der Waals surface area contributed by atoms with Gasteiger partial charge in [-0.25, -0.2) is 9.98 Å². The van der Waals surface area contributed by atoms with Crippen molar-refractivity contribution in [2.45, 2.75) is 45.1 Å². The molecule has 5 rings (SSSR count). The number of benzene rings is 4. The molecular weight excluding hydrogens is 452 g/mol. The summed E-state index contributed by atoms with van der Waals surface area (Å²) in [6.07, 6.45) is 0. The molecule has 0 spiro atoms. The fraction of sp³-hybridized carbons (Fsp3) is 0.235. The molecule has 0 bridgehead atoms. The lowest BCUT2D eigenvalue weighted by molar-refractivity contribution is 0.285. The highest BCUT2D eigenvalue weighted by Crippen LogP contribution is 2.40. The molecule has 0 radical (unpaired) electrons. The highest BCUT2D eigenvalue weighted by atomic mass is 16.5. The first kappa shape index (κ1) is 24.7. The second-order valence-corrected chi connectivity index (χ2v) is 10.2. The van der Waals surface area contributed by atoms with Crippen LogP contribution in [0.4, 0.5) is 5.69 Å². The van der Waals surface area contributed by atoms with Crippen molar-refractivity contribution in [1.29, 1.82) is 0 Å². The van der Waals surface area contributed by atoms with Gasteiger partial charge in [0.15, 0.2) is 0 Å². The molecule has 0 atom stereocenters. The molecule has 0 saturated carbocycles. The van der Waals surface area contributed by atoms with Crippen LogP contribution >= 0.6 is 0 Å². The maximum absolute atomic E-state index is 6.49. The predicted molar refractivity (Wildman–Crippen MR) is 154 cm³/mol. The van der Waals surface area contributed by atoms with Crippen LogP contribution in [0.25, 0.3) is 0 Å². The molecule has 37 heavy (non-hydrogen) atoms. The van der Waals surface area contributed by atoms with E-state index in [2.05, 4.69) is 107 Å². The van der Waals surface area contributed by atoms with Gasteiger partial charge in [0.05, 0.1) is 5.69 Å². The summed E-state index contributed by atoms with van der Waals surface area (Å²) in [6.45, 7) is 9.31. The van der Waals surface area contributed by atoms with Crippen molar-refractivity contribution in [3.63, 3.8) is 0 Å². The maximum Gasteiger partial charge on any atom is 0.237 e. The number of ether oxygens (including phenoxy) is 1. The fourth-order valence-electron chi connectivity index (χ4n) is 5.01. The van der Waals surface area contributed by atoms with Crippen LogP contribution in [0.5, 0.6) is 0 Å². The quantitative estimate of drug-likeness (QED) is 0.241. The summed E-state index contributed by atoms with van der Waals surface area (Å²) in [5.74, 6) is 1.26. The van der Waals surface area contributed by atoms with Crippen LogP contribution in [0.3, 0.4) is 0 Å². The van der Waals surface area contributed by atoms with E-state index >= 15 is 0 Å². The molecule has 0 unspecified atom stereocenters. The van der Waals surface area contributed by atoms with Gasteiger partial charge in [-0.1, -0.05) is 137 Å². The predicted octanol–water partition coefficient (Wildman–Crippen LogP) is 8.43. The van der Waals surface area contributed by atoms with Gasteiger partial charge in [-0.3, -0.25) is 0 Å². The second kappa shape index (κ2) is 10.6. The summed E-state index contributed by atoms with van der Waals surface area (Å²) in [6, 6.07) is 37.7. The lowest BCUT2D eigenvalue weighted by Gasteiger charge is -2.25. The Morgan fingerprint density at radius 2 is 1.16 bits per heavy atom. The number of aliphatic imine (C=N–C) groups is 2. The van der Waals surface area contributed by atoms with Gasteiger partial charge in [-0.15, -0.1) is 0 Å². The van der Waals surface area contributed by atoms with Crippen molar-refractivity contribution in [1.82, 2.24) is 0 Å². The molecule has 1 aliphatic heterocycles. The molecule has 1 aliphatic rings. The molecule has 0 aliphatic carbocycles. The molecule has 0 aromatic heterocycles. The SMILES string of the molecule is CC(C)c1cccc(C(C)C)c1N=C(C1=NC(c2ccccc2)(c2ccccc2)CO1)c1ccccc1. The Labute approximate surface area is 220 Å². The van der Waals surface area contributed by atoms with Crippen molar-refractivity contribution < 1.29 is 4.74 Å². The molecule has 1 heterocycles. The van der Waals surface area contributed by atoms with E-state index in [9.17, 15) is 0 Å². The molecule has 3 nitrogen and oxygen atoms in total. The summed E-state index contributed by atoms with van der Waals surface area (Å²) in [4.78, 5) is 10.7. The standard InChI is InChI=1S/C34H34N2O/c1-24(2)29-21-14-22-30(25(3)4)32(29)35-31(26-15-8-5-9-16-26)33-36-34(23-37-33,27-17-10-6-11-18-27)28-19-12-7-13-20-28/h5-22,24-25H,23H2,1-4H3. The smallest absolute Gasteiger partial charge is 0.237 e. The highest BCUT2D eigenvalue weighted by Gasteiger charge is 2.41. The van der Waals surface area contributed by atoms with Crippen LogP contribution in [0.15, 0.2) is 119 Å². The van der Waals surface area contributed by atoms with E-state index in [0.29, 0.717) is 24.3 Å². The zero-order valence-electron chi connectivity index (χ0n) is 22.1. The Hall–Kier alpha value is -3.98. The lowest BCUT2D eigenvalue weighted by atomic mass is 9.84. The first-order chi connectivity index (χ1) is 18.0. The van der Waals surface area contributed by atoms with E-state index in [1.165, 1.54) is 11.1 Å². The first-order valence-electron chi connectivity index (χ1n) is 13.1. The van der Waals surface area contributed by atoms with E-state index in [4.69, 9.17) is 14.7 Å². The van der Waals surface area contributed by atoms with Gasteiger partial charge < -0.3 is 4.74 Å². The molecular formula is C34H34N2O. The van der Waals surface area contributed by atoms with Gasteiger partial charge in [-0.2, -0.15) is 0 Å². The minimum atomic E-state index is -0.633. The van der Waals surface area contributed by atoms with E-state index in [-0.39, 0.29) is 0 Å². The summed E-state index contributed by atoms with van der Waals surface area (Å²) in [5, 5.41) is 0. The van der Waals surface area contributed by atoms with Gasteiger partial charge in [0.25, 0.3) is 0 Å². The van der Waals surface area contributed by atoms with Crippen LogP contribution in [0, 0.1) is 0 Å². The van der Waals surface area contributed by atoms with E-state index in [1.54, 1.807) is 0 Å². The number of nitrogens with zero attached hydrogens (tertiary/aromatic N) is 2. The third kappa shape index (κ3) is 4.86. The average Bonchev–Trinajstić information content (AvgIpc) is 3.39. The third-order valence-electron chi connectivity index (χ3n) is 7.03. The second-order valence-electron chi connectivity index (χ2n) is 10.2. The Balaban J connectivity index is 1.75. The zero-order valence-corrected chi connectivity index (χ0v) is 22.1. The average molecular weight is 487 g/mol. The van der Waals surface area contributed by atoms with Gasteiger partial charge in [0.1, 0.15) is 17.9 Å². The minimum absolute atomic E-state index is 0.341. The Bertz CT molecular complexity index is 1340. The van der Waals surface area contributed by atoms with Crippen LogP contribution in [-0.4, -0.2) is 18.2 Å². The van der Waals surface area contributed by atoms with Crippen molar-refractivity contribution in [2.75, 3.05) is 6.61 Å². The van der Waals surface area contributed by atoms with E-state index in [1.807, 2.05) is 30.3 Å². The highest BCUT2D eigenvalue weighted by molar-refractivity contribution is 6.46. The zero-order chi connectivity index (χ0) is 25.8. The molecule has 0 saturated heterocycles.